The number of hydrogen-bond donors (Lipinski definition) is 1. The Kier molecular flexibility index (Phi) is 4.91. The highest BCUT2D eigenvalue weighted by molar-refractivity contribution is 5.82. The number of benzene rings is 2. The molecule has 30 heavy (non-hydrogen) atoms. The van der Waals surface area contributed by atoms with E-state index in [9.17, 15) is 9.90 Å². The molecule has 0 saturated carbocycles. The average Bonchev–Trinajstić information content (AvgIpc) is 2.77. The Morgan fingerprint density at radius 2 is 1.83 bits per heavy atom. The molecule has 5 rings (SSSR count). The first kappa shape index (κ1) is 19.1. The van der Waals surface area contributed by atoms with E-state index in [1.807, 2.05) is 59.6 Å². The smallest absolute Gasteiger partial charge is 0.410 e. The molecule has 5 nitrogen and oxygen atoms in total. The van der Waals surface area contributed by atoms with Crippen LogP contribution in [-0.4, -0.2) is 33.2 Å². The standard InChI is InChI=1S/C25H26N2O3/c28-24(30-17-18-5-2-1-3-6-18)27-22-7-4-8-23(27)15-25(29,14-22)21-10-9-20-16-26-12-11-19(20)13-21/h1-3,5-6,9-13,16,22-23,29H,4,7-8,14-15,17H2. The van der Waals surface area contributed by atoms with Gasteiger partial charge in [0.2, 0.25) is 0 Å². The van der Waals surface area contributed by atoms with Crippen molar-refractivity contribution in [3.63, 3.8) is 0 Å². The fourth-order valence-electron chi connectivity index (χ4n) is 5.13. The number of nitrogens with zero attached hydrogens (tertiary/aromatic N) is 2. The highest BCUT2D eigenvalue weighted by atomic mass is 16.6. The van der Waals surface area contributed by atoms with Gasteiger partial charge in [-0.05, 0) is 47.9 Å². The SMILES string of the molecule is O=C(OCc1ccccc1)N1C2CCCC1CC(O)(c1ccc3cnccc3c1)C2. The van der Waals surface area contributed by atoms with Crippen LogP contribution in [0.4, 0.5) is 4.79 Å². The third-order valence-corrected chi connectivity index (χ3v) is 6.60. The number of aliphatic hydroxyl groups is 1. The van der Waals surface area contributed by atoms with Gasteiger partial charge in [-0.3, -0.25) is 4.98 Å². The van der Waals surface area contributed by atoms with Crippen molar-refractivity contribution in [1.82, 2.24) is 9.88 Å². The molecule has 154 valence electrons. The summed E-state index contributed by atoms with van der Waals surface area (Å²) in [5.74, 6) is 0. The average molecular weight is 402 g/mol. The van der Waals surface area contributed by atoms with E-state index < -0.39 is 5.60 Å². The van der Waals surface area contributed by atoms with Gasteiger partial charge in [0.25, 0.3) is 0 Å². The second kappa shape index (κ2) is 7.73. The van der Waals surface area contributed by atoms with Gasteiger partial charge in [-0.1, -0.05) is 42.5 Å². The minimum absolute atomic E-state index is 0.00101. The largest absolute Gasteiger partial charge is 0.445 e. The van der Waals surface area contributed by atoms with Crippen molar-refractivity contribution in [2.24, 2.45) is 0 Å². The van der Waals surface area contributed by atoms with Crippen molar-refractivity contribution in [3.05, 3.63) is 78.1 Å². The Bertz CT molecular complexity index is 1040. The summed E-state index contributed by atoms with van der Waals surface area (Å²) < 4.78 is 5.63. The van der Waals surface area contributed by atoms with Gasteiger partial charge < -0.3 is 14.7 Å². The minimum Gasteiger partial charge on any atom is -0.445 e. The molecule has 0 aliphatic carbocycles. The number of amides is 1. The van der Waals surface area contributed by atoms with Crippen LogP contribution in [-0.2, 0) is 16.9 Å². The monoisotopic (exact) mass is 402 g/mol. The zero-order valence-corrected chi connectivity index (χ0v) is 16.9. The lowest BCUT2D eigenvalue weighted by molar-refractivity contribution is -0.0895. The number of fused-ring (bicyclic) bond motifs is 3. The van der Waals surface area contributed by atoms with Gasteiger partial charge in [0.1, 0.15) is 6.61 Å². The van der Waals surface area contributed by atoms with Crippen molar-refractivity contribution in [2.75, 3.05) is 0 Å². The van der Waals surface area contributed by atoms with Crippen molar-refractivity contribution in [2.45, 2.75) is 56.4 Å². The molecule has 2 aliphatic heterocycles. The summed E-state index contributed by atoms with van der Waals surface area (Å²) in [5.41, 5.74) is 0.981. The Morgan fingerprint density at radius 3 is 2.60 bits per heavy atom. The summed E-state index contributed by atoms with van der Waals surface area (Å²) in [6.45, 7) is 0.276. The van der Waals surface area contributed by atoms with Gasteiger partial charge >= 0.3 is 6.09 Å². The number of rotatable bonds is 3. The molecule has 2 fully saturated rings. The Balaban J connectivity index is 1.35. The summed E-state index contributed by atoms with van der Waals surface area (Å²) in [4.78, 5) is 19.0. The van der Waals surface area contributed by atoms with Gasteiger partial charge in [0, 0.05) is 42.7 Å². The molecule has 0 spiro atoms. The minimum atomic E-state index is -0.927. The molecule has 3 aromatic rings. The first-order chi connectivity index (χ1) is 14.6. The topological polar surface area (TPSA) is 62.7 Å². The lowest BCUT2D eigenvalue weighted by Gasteiger charge is -2.51. The van der Waals surface area contributed by atoms with E-state index in [1.54, 1.807) is 6.20 Å². The van der Waals surface area contributed by atoms with E-state index in [1.165, 1.54) is 0 Å². The van der Waals surface area contributed by atoms with Gasteiger partial charge in [-0.25, -0.2) is 4.79 Å². The van der Waals surface area contributed by atoms with E-state index in [2.05, 4.69) is 11.1 Å². The fraction of sp³-hybridized carbons (Fsp3) is 0.360. The van der Waals surface area contributed by atoms with Gasteiger partial charge in [-0.15, -0.1) is 0 Å². The number of pyridine rings is 1. The summed E-state index contributed by atoms with van der Waals surface area (Å²) in [6.07, 6.45) is 7.31. The van der Waals surface area contributed by atoms with Crippen LogP contribution in [0.1, 0.15) is 43.2 Å². The zero-order valence-electron chi connectivity index (χ0n) is 16.9. The van der Waals surface area contributed by atoms with E-state index >= 15 is 0 Å². The van der Waals surface area contributed by atoms with Gasteiger partial charge in [-0.2, -0.15) is 0 Å². The Hall–Kier alpha value is -2.92. The van der Waals surface area contributed by atoms with Crippen LogP contribution in [0.15, 0.2) is 67.0 Å². The number of piperidine rings is 2. The van der Waals surface area contributed by atoms with Crippen LogP contribution < -0.4 is 0 Å². The van der Waals surface area contributed by atoms with E-state index in [4.69, 9.17) is 4.74 Å². The molecule has 2 aliphatic rings. The summed E-state index contributed by atoms with van der Waals surface area (Å²) >= 11 is 0. The van der Waals surface area contributed by atoms with Crippen LogP contribution in [0.3, 0.4) is 0 Å². The molecule has 2 unspecified atom stereocenters. The van der Waals surface area contributed by atoms with Crippen LogP contribution in [0, 0.1) is 0 Å². The van der Waals surface area contributed by atoms with Gasteiger partial charge in [0.15, 0.2) is 0 Å². The lowest BCUT2D eigenvalue weighted by Crippen LogP contribution is -2.58. The van der Waals surface area contributed by atoms with Crippen molar-refractivity contribution >= 4 is 16.9 Å². The predicted octanol–water partition coefficient (Wildman–Crippen LogP) is 4.78. The van der Waals surface area contributed by atoms with Crippen molar-refractivity contribution < 1.29 is 14.6 Å². The first-order valence-electron chi connectivity index (χ1n) is 10.7. The molecule has 1 aromatic heterocycles. The van der Waals surface area contributed by atoms with Crippen LogP contribution >= 0.6 is 0 Å². The fourth-order valence-corrected chi connectivity index (χ4v) is 5.13. The summed E-state index contributed by atoms with van der Waals surface area (Å²) in [6, 6.07) is 17.8. The molecule has 5 heteroatoms. The number of carbonyl (C=O) groups excluding carboxylic acids is 1. The predicted molar refractivity (Wildman–Crippen MR) is 115 cm³/mol. The second-order valence-corrected chi connectivity index (χ2v) is 8.56. The molecule has 2 aromatic carbocycles. The second-order valence-electron chi connectivity index (χ2n) is 8.56. The summed E-state index contributed by atoms with van der Waals surface area (Å²) in [7, 11) is 0. The number of ether oxygens (including phenoxy) is 1. The third kappa shape index (κ3) is 3.54. The molecule has 2 bridgehead atoms. The molecule has 1 N–H and O–H groups in total. The Labute approximate surface area is 176 Å². The van der Waals surface area contributed by atoms with Crippen LogP contribution in [0.2, 0.25) is 0 Å². The highest BCUT2D eigenvalue weighted by Crippen LogP contribution is 2.45. The third-order valence-electron chi connectivity index (χ3n) is 6.60. The Morgan fingerprint density at radius 1 is 1.07 bits per heavy atom. The van der Waals surface area contributed by atoms with E-state index in [-0.39, 0.29) is 24.8 Å². The maximum atomic E-state index is 12.9. The lowest BCUT2D eigenvalue weighted by atomic mass is 9.72. The molecule has 3 heterocycles. The highest BCUT2D eigenvalue weighted by Gasteiger charge is 2.48. The maximum absolute atomic E-state index is 12.9. The molecule has 0 radical (unpaired) electrons. The molecule has 2 atom stereocenters. The molecule has 2 saturated heterocycles. The van der Waals surface area contributed by atoms with E-state index in [0.717, 1.165) is 41.2 Å². The maximum Gasteiger partial charge on any atom is 0.410 e. The zero-order chi connectivity index (χ0) is 20.6. The van der Waals surface area contributed by atoms with Crippen molar-refractivity contribution in [3.8, 4) is 0 Å². The van der Waals surface area contributed by atoms with Crippen molar-refractivity contribution in [1.29, 1.82) is 0 Å². The van der Waals surface area contributed by atoms with Gasteiger partial charge in [0.05, 0.1) is 5.60 Å². The quantitative estimate of drug-likeness (QED) is 0.685. The van der Waals surface area contributed by atoms with Crippen LogP contribution in [0.25, 0.3) is 10.8 Å². The number of hydrogen-bond acceptors (Lipinski definition) is 4. The first-order valence-corrected chi connectivity index (χ1v) is 10.7. The van der Waals surface area contributed by atoms with E-state index in [0.29, 0.717) is 12.8 Å². The van der Waals surface area contributed by atoms with Crippen LogP contribution in [0.5, 0.6) is 0 Å². The number of aromatic nitrogens is 1. The molecular formula is C25H26N2O3. The molecular weight excluding hydrogens is 376 g/mol. The number of carbonyl (C=O) groups is 1. The molecule has 1 amide bonds. The summed E-state index contributed by atoms with van der Waals surface area (Å²) in [5, 5.41) is 13.8. The normalized spacial score (nSPS) is 25.8.